The molecule has 1 aromatic carbocycles. The predicted octanol–water partition coefficient (Wildman–Crippen LogP) is 4.08. The van der Waals surface area contributed by atoms with Crippen LogP contribution in [0.3, 0.4) is 0 Å². The number of rotatable bonds is 5. The molecule has 0 aliphatic carbocycles. The molecule has 0 amide bonds. The number of hydrogen-bond donors (Lipinski definition) is 1. The van der Waals surface area contributed by atoms with Gasteiger partial charge in [0.1, 0.15) is 0 Å². The van der Waals surface area contributed by atoms with Crippen molar-refractivity contribution in [2.24, 2.45) is 5.73 Å². The highest BCUT2D eigenvalue weighted by Gasteiger charge is 2.16. The maximum Gasteiger partial charge on any atom is 0.0662 e. The van der Waals surface area contributed by atoms with E-state index in [2.05, 4.69) is 68.7 Å². The second-order valence-electron chi connectivity index (χ2n) is 6.15. The minimum atomic E-state index is 0.0852. The van der Waals surface area contributed by atoms with E-state index in [-0.39, 0.29) is 6.04 Å². The molecule has 1 atom stereocenters. The second kappa shape index (κ2) is 6.44. The van der Waals surface area contributed by atoms with Crippen LogP contribution in [0.1, 0.15) is 67.2 Å². The first-order valence-corrected chi connectivity index (χ1v) is 7.82. The van der Waals surface area contributed by atoms with E-state index in [9.17, 15) is 0 Å². The Hall–Kier alpha value is -1.61. The summed E-state index contributed by atoms with van der Waals surface area (Å²) in [6.07, 6.45) is 0.941. The first-order chi connectivity index (χ1) is 9.93. The van der Waals surface area contributed by atoms with Crippen molar-refractivity contribution in [3.63, 3.8) is 0 Å². The molecule has 0 radical (unpaired) electrons. The molecule has 2 aromatic rings. The van der Waals surface area contributed by atoms with Crippen LogP contribution in [-0.2, 0) is 6.54 Å². The third-order valence-electron chi connectivity index (χ3n) is 4.23. The van der Waals surface area contributed by atoms with Crippen molar-refractivity contribution in [1.82, 2.24) is 9.78 Å². The average Bonchev–Trinajstić information content (AvgIpc) is 2.73. The predicted molar refractivity (Wildman–Crippen MR) is 88.6 cm³/mol. The molecule has 2 rings (SSSR count). The van der Waals surface area contributed by atoms with E-state index < -0.39 is 0 Å². The van der Waals surface area contributed by atoms with Crippen molar-refractivity contribution in [2.75, 3.05) is 0 Å². The molecule has 0 spiro atoms. The van der Waals surface area contributed by atoms with E-state index in [1.165, 1.54) is 22.4 Å². The lowest BCUT2D eigenvalue weighted by molar-refractivity contribution is 0.649. The summed E-state index contributed by atoms with van der Waals surface area (Å²) in [5, 5.41) is 4.67. The van der Waals surface area contributed by atoms with Gasteiger partial charge in [-0.3, -0.25) is 4.68 Å². The first kappa shape index (κ1) is 15.8. The molecular formula is C18H27N3. The van der Waals surface area contributed by atoms with E-state index >= 15 is 0 Å². The second-order valence-corrected chi connectivity index (χ2v) is 6.15. The Morgan fingerprint density at radius 1 is 1.14 bits per heavy atom. The van der Waals surface area contributed by atoms with Crippen LogP contribution in [0.5, 0.6) is 0 Å². The van der Waals surface area contributed by atoms with Crippen molar-refractivity contribution in [3.05, 3.63) is 52.3 Å². The molecule has 0 fully saturated rings. The molecule has 114 valence electrons. The monoisotopic (exact) mass is 285 g/mol. The Labute approximate surface area is 128 Å². The van der Waals surface area contributed by atoms with Gasteiger partial charge in [-0.25, -0.2) is 0 Å². The van der Waals surface area contributed by atoms with Crippen molar-refractivity contribution in [3.8, 4) is 0 Å². The van der Waals surface area contributed by atoms with Crippen LogP contribution >= 0.6 is 0 Å². The third kappa shape index (κ3) is 3.35. The van der Waals surface area contributed by atoms with Crippen LogP contribution in [0.25, 0.3) is 0 Å². The smallest absolute Gasteiger partial charge is 0.0662 e. The van der Waals surface area contributed by atoms with Gasteiger partial charge < -0.3 is 5.73 Å². The fraction of sp³-hybridized carbons (Fsp3) is 0.500. The highest BCUT2D eigenvalue weighted by atomic mass is 15.3. The molecule has 0 saturated heterocycles. The van der Waals surface area contributed by atoms with Gasteiger partial charge in [0.05, 0.1) is 12.2 Å². The van der Waals surface area contributed by atoms with E-state index in [4.69, 9.17) is 5.73 Å². The zero-order valence-electron chi connectivity index (χ0n) is 13.9. The fourth-order valence-corrected chi connectivity index (χ4v) is 2.79. The largest absolute Gasteiger partial charge is 0.324 e. The normalized spacial score (nSPS) is 12.9. The molecule has 0 saturated carbocycles. The van der Waals surface area contributed by atoms with Gasteiger partial charge in [-0.2, -0.15) is 5.10 Å². The van der Waals surface area contributed by atoms with Gasteiger partial charge in [0.2, 0.25) is 0 Å². The Morgan fingerprint density at radius 2 is 1.76 bits per heavy atom. The molecule has 3 nitrogen and oxygen atoms in total. The molecule has 0 aliphatic rings. The summed E-state index contributed by atoms with van der Waals surface area (Å²) < 4.78 is 2.07. The van der Waals surface area contributed by atoms with Crippen LogP contribution in [0.2, 0.25) is 0 Å². The lowest BCUT2D eigenvalue weighted by Gasteiger charge is -2.11. The van der Waals surface area contributed by atoms with Crippen LogP contribution in [0, 0.1) is 13.8 Å². The molecule has 1 unspecified atom stereocenters. The number of nitrogens with zero attached hydrogens (tertiary/aromatic N) is 2. The maximum atomic E-state index is 6.20. The van der Waals surface area contributed by atoms with Gasteiger partial charge in [-0.05, 0) is 37.3 Å². The van der Waals surface area contributed by atoms with Crippen molar-refractivity contribution in [2.45, 2.75) is 59.5 Å². The summed E-state index contributed by atoms with van der Waals surface area (Å²) in [6.45, 7) is 11.5. The summed E-state index contributed by atoms with van der Waals surface area (Å²) in [5.41, 5.74) is 12.3. The zero-order valence-corrected chi connectivity index (χ0v) is 13.9. The minimum Gasteiger partial charge on any atom is -0.324 e. The SMILES string of the molecule is CCC(N)c1c(C)nn(Cc2ccc(C(C)C)cc2)c1C. The Bertz CT molecular complexity index is 594. The van der Waals surface area contributed by atoms with Gasteiger partial charge in [0.15, 0.2) is 0 Å². The summed E-state index contributed by atoms with van der Waals surface area (Å²) in [4.78, 5) is 0. The Kier molecular flexibility index (Phi) is 4.84. The number of aromatic nitrogens is 2. The number of hydrogen-bond acceptors (Lipinski definition) is 2. The van der Waals surface area contributed by atoms with Gasteiger partial charge in [-0.15, -0.1) is 0 Å². The third-order valence-corrected chi connectivity index (χ3v) is 4.23. The van der Waals surface area contributed by atoms with E-state index in [0.29, 0.717) is 5.92 Å². The van der Waals surface area contributed by atoms with Gasteiger partial charge in [0.25, 0.3) is 0 Å². The molecule has 0 bridgehead atoms. The molecule has 1 heterocycles. The highest BCUT2D eigenvalue weighted by Crippen LogP contribution is 2.23. The summed E-state index contributed by atoms with van der Waals surface area (Å²) in [7, 11) is 0. The maximum absolute atomic E-state index is 6.20. The van der Waals surface area contributed by atoms with Crippen molar-refractivity contribution < 1.29 is 0 Å². The molecule has 1 aromatic heterocycles. The van der Waals surface area contributed by atoms with E-state index in [1.54, 1.807) is 0 Å². The first-order valence-electron chi connectivity index (χ1n) is 7.82. The number of aryl methyl sites for hydroxylation is 1. The number of benzene rings is 1. The summed E-state index contributed by atoms with van der Waals surface area (Å²) >= 11 is 0. The van der Waals surface area contributed by atoms with Crippen molar-refractivity contribution in [1.29, 1.82) is 0 Å². The summed E-state index contributed by atoms with van der Waals surface area (Å²) in [5.74, 6) is 0.571. The quantitative estimate of drug-likeness (QED) is 0.899. The lowest BCUT2D eigenvalue weighted by Crippen LogP contribution is -2.11. The number of nitrogens with two attached hydrogens (primary N) is 1. The van der Waals surface area contributed by atoms with Gasteiger partial charge in [-0.1, -0.05) is 45.0 Å². The van der Waals surface area contributed by atoms with E-state index in [1.807, 2.05) is 0 Å². The molecule has 3 heteroatoms. The zero-order chi connectivity index (χ0) is 15.6. The Balaban J connectivity index is 2.24. The Morgan fingerprint density at radius 3 is 2.29 bits per heavy atom. The molecule has 2 N–H and O–H groups in total. The van der Waals surface area contributed by atoms with Gasteiger partial charge in [0, 0.05) is 17.3 Å². The van der Waals surface area contributed by atoms with Crippen molar-refractivity contribution >= 4 is 0 Å². The molecular weight excluding hydrogens is 258 g/mol. The molecule has 0 aliphatic heterocycles. The topological polar surface area (TPSA) is 43.8 Å². The standard InChI is InChI=1S/C18H27N3/c1-6-17(19)18-13(4)20-21(14(18)5)11-15-7-9-16(10-8-15)12(2)3/h7-10,12,17H,6,11,19H2,1-5H3. The van der Waals surface area contributed by atoms with E-state index in [0.717, 1.165) is 18.7 Å². The lowest BCUT2D eigenvalue weighted by atomic mass is 10.0. The average molecular weight is 285 g/mol. The van der Waals surface area contributed by atoms with Gasteiger partial charge >= 0.3 is 0 Å². The highest BCUT2D eigenvalue weighted by molar-refractivity contribution is 5.30. The van der Waals surface area contributed by atoms with Crippen LogP contribution in [0.4, 0.5) is 0 Å². The van der Waals surface area contributed by atoms with Crippen LogP contribution in [0.15, 0.2) is 24.3 Å². The fourth-order valence-electron chi connectivity index (χ4n) is 2.79. The van der Waals surface area contributed by atoms with Crippen LogP contribution < -0.4 is 5.73 Å². The minimum absolute atomic E-state index is 0.0852. The molecule has 21 heavy (non-hydrogen) atoms. The van der Waals surface area contributed by atoms with Crippen LogP contribution in [-0.4, -0.2) is 9.78 Å². The summed E-state index contributed by atoms with van der Waals surface area (Å²) in [6, 6.07) is 8.91.